The van der Waals surface area contributed by atoms with Crippen LogP contribution in [0.25, 0.3) is 11.0 Å². The van der Waals surface area contributed by atoms with E-state index in [0.29, 0.717) is 11.0 Å². The summed E-state index contributed by atoms with van der Waals surface area (Å²) in [5, 5.41) is 0. The Kier molecular flexibility index (Phi) is 3.96. The van der Waals surface area contributed by atoms with Gasteiger partial charge in [-0.25, -0.2) is 17.9 Å². The Balaban J connectivity index is 2.00. The summed E-state index contributed by atoms with van der Waals surface area (Å²) in [5.41, 5.74) is 1.68. The molecule has 1 N–H and O–H groups in total. The van der Waals surface area contributed by atoms with Crippen LogP contribution in [0.4, 0.5) is 0 Å². The zero-order valence-electron chi connectivity index (χ0n) is 13.8. The van der Waals surface area contributed by atoms with Gasteiger partial charge in [0.25, 0.3) is 15.9 Å². The highest BCUT2D eigenvalue weighted by Gasteiger charge is 2.21. The Morgan fingerprint density at radius 3 is 2.44 bits per heavy atom. The molecule has 1 amide bonds. The summed E-state index contributed by atoms with van der Waals surface area (Å²) in [6, 6.07) is 5.79. The first-order valence-electron chi connectivity index (χ1n) is 7.35. The van der Waals surface area contributed by atoms with Gasteiger partial charge in [0.2, 0.25) is 0 Å². The third-order valence-corrected chi connectivity index (χ3v) is 5.25. The number of amides is 1. The van der Waals surface area contributed by atoms with Crippen molar-refractivity contribution in [2.24, 2.45) is 14.1 Å². The highest BCUT2D eigenvalue weighted by molar-refractivity contribution is 7.90. The summed E-state index contributed by atoms with van der Waals surface area (Å²) in [4.78, 5) is 27.9. The second-order valence-electron chi connectivity index (χ2n) is 5.74. The number of pyridine rings is 1. The number of nitrogens with zero attached hydrogens (tertiary/aromatic N) is 3. The van der Waals surface area contributed by atoms with E-state index in [9.17, 15) is 18.0 Å². The van der Waals surface area contributed by atoms with E-state index in [1.54, 1.807) is 33.3 Å². The molecule has 0 unspecified atom stereocenters. The molecule has 0 radical (unpaired) electrons. The van der Waals surface area contributed by atoms with Gasteiger partial charge in [0.05, 0.1) is 21.5 Å². The molecule has 3 rings (SSSR count). The number of aromatic nitrogens is 3. The van der Waals surface area contributed by atoms with E-state index in [4.69, 9.17) is 0 Å². The summed E-state index contributed by atoms with van der Waals surface area (Å²) >= 11 is 0. The van der Waals surface area contributed by atoms with Gasteiger partial charge >= 0.3 is 5.69 Å². The fourth-order valence-electron chi connectivity index (χ4n) is 2.57. The first-order valence-corrected chi connectivity index (χ1v) is 8.83. The number of imidazole rings is 1. The van der Waals surface area contributed by atoms with Crippen LogP contribution in [-0.4, -0.2) is 28.4 Å². The molecular weight excluding hydrogens is 344 g/mol. The minimum Gasteiger partial charge on any atom is -0.295 e. The van der Waals surface area contributed by atoms with E-state index in [0.717, 1.165) is 5.56 Å². The molecule has 0 aliphatic carbocycles. The van der Waals surface area contributed by atoms with E-state index < -0.39 is 15.9 Å². The first-order chi connectivity index (χ1) is 11.7. The number of carbonyl (C=O) groups is 1. The first kappa shape index (κ1) is 16.9. The Hall–Kier alpha value is -2.94. The summed E-state index contributed by atoms with van der Waals surface area (Å²) < 4.78 is 29.8. The van der Waals surface area contributed by atoms with Gasteiger partial charge in [-0.15, -0.1) is 0 Å². The highest BCUT2D eigenvalue weighted by Crippen LogP contribution is 2.18. The number of sulfonamides is 1. The number of rotatable bonds is 3. The van der Waals surface area contributed by atoms with Crippen molar-refractivity contribution in [1.82, 2.24) is 18.8 Å². The quantitative estimate of drug-likeness (QED) is 0.740. The third kappa shape index (κ3) is 2.93. The van der Waals surface area contributed by atoms with Crippen LogP contribution in [0.2, 0.25) is 0 Å². The molecule has 25 heavy (non-hydrogen) atoms. The topological polar surface area (TPSA) is 103 Å². The van der Waals surface area contributed by atoms with Gasteiger partial charge in [0.15, 0.2) is 0 Å². The molecule has 0 atom stereocenters. The number of fused-ring (bicyclic) bond motifs is 1. The second kappa shape index (κ2) is 5.85. The molecule has 0 saturated carbocycles. The Morgan fingerprint density at radius 1 is 1.08 bits per heavy atom. The number of hydrogen-bond acceptors (Lipinski definition) is 5. The maximum Gasteiger partial charge on any atom is 0.328 e. The van der Waals surface area contributed by atoms with E-state index in [-0.39, 0.29) is 16.1 Å². The number of aryl methyl sites for hydroxylation is 3. The van der Waals surface area contributed by atoms with Crippen molar-refractivity contribution in [2.75, 3.05) is 0 Å². The van der Waals surface area contributed by atoms with Crippen LogP contribution in [0.5, 0.6) is 0 Å². The average Bonchev–Trinajstić information content (AvgIpc) is 2.79. The molecule has 1 aromatic carbocycles. The van der Waals surface area contributed by atoms with Crippen LogP contribution in [0.15, 0.2) is 46.3 Å². The minimum absolute atomic E-state index is 0.102. The molecule has 2 heterocycles. The molecule has 2 aromatic heterocycles. The van der Waals surface area contributed by atoms with Crippen LogP contribution in [0.1, 0.15) is 15.9 Å². The third-order valence-electron chi connectivity index (χ3n) is 3.92. The predicted octanol–water partition coefficient (Wildman–Crippen LogP) is 0.699. The van der Waals surface area contributed by atoms with E-state index in [1.807, 2.05) is 4.72 Å². The van der Waals surface area contributed by atoms with Gasteiger partial charge in [-0.2, -0.15) is 0 Å². The monoisotopic (exact) mass is 360 g/mol. The van der Waals surface area contributed by atoms with Gasteiger partial charge in [-0.05, 0) is 36.8 Å². The fourth-order valence-corrected chi connectivity index (χ4v) is 3.57. The maximum atomic E-state index is 12.5. The molecule has 0 aliphatic rings. The molecule has 0 saturated heterocycles. The van der Waals surface area contributed by atoms with E-state index >= 15 is 0 Å². The molecule has 0 bridgehead atoms. The van der Waals surface area contributed by atoms with Crippen molar-refractivity contribution in [3.8, 4) is 0 Å². The van der Waals surface area contributed by atoms with Gasteiger partial charge in [0.1, 0.15) is 0 Å². The van der Waals surface area contributed by atoms with Gasteiger partial charge < -0.3 is 0 Å². The van der Waals surface area contributed by atoms with Gasteiger partial charge in [-0.3, -0.25) is 18.9 Å². The number of hydrogen-bond donors (Lipinski definition) is 1. The Bertz CT molecular complexity index is 1160. The molecular formula is C16H16N4O4S. The number of benzene rings is 1. The molecule has 130 valence electrons. The second-order valence-corrected chi connectivity index (χ2v) is 7.42. The predicted molar refractivity (Wildman–Crippen MR) is 91.8 cm³/mol. The lowest BCUT2D eigenvalue weighted by atomic mass is 10.2. The van der Waals surface area contributed by atoms with Gasteiger partial charge in [0, 0.05) is 26.5 Å². The summed E-state index contributed by atoms with van der Waals surface area (Å²) in [6.45, 7) is 1.75. The van der Waals surface area contributed by atoms with E-state index in [1.165, 1.54) is 33.5 Å². The fraction of sp³-hybridized carbons (Fsp3) is 0.188. The van der Waals surface area contributed by atoms with Crippen molar-refractivity contribution in [2.45, 2.75) is 11.8 Å². The SMILES string of the molecule is Cc1cncc(C(=O)NS(=O)(=O)c2ccc3c(c2)n(C)c(=O)n3C)c1. The molecule has 0 fully saturated rings. The van der Waals surface area contributed by atoms with Crippen molar-refractivity contribution in [3.05, 3.63) is 58.3 Å². The molecule has 3 aromatic rings. The van der Waals surface area contributed by atoms with Crippen molar-refractivity contribution < 1.29 is 13.2 Å². The minimum atomic E-state index is -4.08. The lowest BCUT2D eigenvalue weighted by Gasteiger charge is -2.08. The van der Waals surface area contributed by atoms with Gasteiger partial charge in [-0.1, -0.05) is 0 Å². The number of nitrogens with one attached hydrogen (secondary N) is 1. The van der Waals surface area contributed by atoms with E-state index in [2.05, 4.69) is 4.98 Å². The Labute approximate surface area is 143 Å². The molecule has 9 heteroatoms. The zero-order valence-corrected chi connectivity index (χ0v) is 14.7. The van der Waals surface area contributed by atoms with Crippen LogP contribution in [0, 0.1) is 6.92 Å². The standard InChI is InChI=1S/C16H16N4O4S/c1-10-6-11(9-17-8-10)15(21)18-25(23,24)12-4-5-13-14(7-12)20(3)16(22)19(13)2/h4-9H,1-3H3,(H,18,21). The Morgan fingerprint density at radius 2 is 1.76 bits per heavy atom. The van der Waals surface area contributed by atoms with Crippen LogP contribution in [-0.2, 0) is 24.1 Å². The number of carbonyl (C=O) groups excluding carboxylic acids is 1. The van der Waals surface area contributed by atoms with Crippen molar-refractivity contribution >= 4 is 27.0 Å². The van der Waals surface area contributed by atoms with Crippen molar-refractivity contribution in [3.63, 3.8) is 0 Å². The maximum absolute atomic E-state index is 12.5. The normalized spacial score (nSPS) is 11.6. The summed E-state index contributed by atoms with van der Waals surface area (Å²) in [7, 11) is -0.928. The highest BCUT2D eigenvalue weighted by atomic mass is 32.2. The largest absolute Gasteiger partial charge is 0.328 e. The van der Waals surface area contributed by atoms with Crippen LogP contribution >= 0.6 is 0 Å². The lowest BCUT2D eigenvalue weighted by molar-refractivity contribution is 0.0981. The van der Waals surface area contributed by atoms with Crippen LogP contribution in [0.3, 0.4) is 0 Å². The zero-order chi connectivity index (χ0) is 18.4. The summed E-state index contributed by atoms with van der Waals surface area (Å²) in [5.74, 6) is -0.766. The molecule has 0 aliphatic heterocycles. The molecule has 8 nitrogen and oxygen atoms in total. The summed E-state index contributed by atoms with van der Waals surface area (Å²) in [6.07, 6.45) is 2.86. The average molecular weight is 360 g/mol. The van der Waals surface area contributed by atoms with Crippen molar-refractivity contribution in [1.29, 1.82) is 0 Å². The smallest absolute Gasteiger partial charge is 0.295 e. The van der Waals surface area contributed by atoms with Crippen LogP contribution < -0.4 is 10.4 Å². The molecule has 0 spiro atoms. The lowest BCUT2D eigenvalue weighted by Crippen LogP contribution is -2.30.